The summed E-state index contributed by atoms with van der Waals surface area (Å²) in [7, 11) is 20.1. The van der Waals surface area contributed by atoms with Gasteiger partial charge in [0.15, 0.2) is 0 Å². The minimum absolute atomic E-state index is 0. The van der Waals surface area contributed by atoms with E-state index in [1.807, 2.05) is 0 Å². The van der Waals surface area contributed by atoms with Gasteiger partial charge in [-0.15, -0.1) is 0 Å². The fourth-order valence-electron chi connectivity index (χ4n) is 1.72. The summed E-state index contributed by atoms with van der Waals surface area (Å²) in [6.45, 7) is 21.9. The second kappa shape index (κ2) is 24.6. The van der Waals surface area contributed by atoms with E-state index in [1.165, 1.54) is 23.8 Å². The zero-order chi connectivity index (χ0) is 17.4. The Morgan fingerprint density at radius 1 is 0.696 bits per heavy atom. The monoisotopic (exact) mass is 688 g/mol. The molecule has 0 heterocycles. The van der Waals surface area contributed by atoms with E-state index >= 15 is 0 Å². The van der Waals surface area contributed by atoms with E-state index < -0.39 is 32.2 Å². The molecule has 0 saturated heterocycles. The van der Waals surface area contributed by atoms with E-state index in [2.05, 4.69) is 64.1 Å². The Kier molecular flexibility index (Phi) is 39.0. The fourth-order valence-corrected chi connectivity index (χ4v) is 11.6. The SMILES string of the molecule is C=C[CH2-].C=C[CH2][Sn]([CH2]C=C)([CH2]C=C)[CH2]C=C.[Br-].[Cl][Sn]([Cl])([Cl])[Cl].[Mg+2]. The molecule has 23 heavy (non-hydrogen) atoms. The van der Waals surface area contributed by atoms with Crippen molar-refractivity contribution in [2.75, 3.05) is 0 Å². The van der Waals surface area contributed by atoms with Crippen LogP contribution in [0.2, 0.25) is 17.7 Å². The predicted octanol–water partition coefficient (Wildman–Crippen LogP) is 4.19. The Morgan fingerprint density at radius 3 is 0.913 bits per heavy atom. The Morgan fingerprint density at radius 2 is 0.826 bits per heavy atom. The van der Waals surface area contributed by atoms with Crippen molar-refractivity contribution in [1.29, 1.82) is 0 Å². The van der Waals surface area contributed by atoms with Crippen molar-refractivity contribution < 1.29 is 17.0 Å². The van der Waals surface area contributed by atoms with Crippen molar-refractivity contribution in [3.8, 4) is 0 Å². The third-order valence-corrected chi connectivity index (χ3v) is 15.5. The summed E-state index contributed by atoms with van der Waals surface area (Å²) in [6.07, 6.45) is 9.75. The summed E-state index contributed by atoms with van der Waals surface area (Å²) < 4.78 is 4.83. The topological polar surface area (TPSA) is 0 Å². The smallest absolute Gasteiger partial charge is 2.00 e. The largest absolute Gasteiger partial charge is 2.00 e. The zero-order valence-electron chi connectivity index (χ0n) is 13.6. The van der Waals surface area contributed by atoms with Crippen molar-refractivity contribution in [2.45, 2.75) is 17.7 Å². The van der Waals surface area contributed by atoms with Crippen LogP contribution in [-0.4, -0.2) is 55.3 Å². The molecule has 0 N–H and O–H groups in total. The molecule has 0 fully saturated rings. The summed E-state index contributed by atoms with van der Waals surface area (Å²) in [5.74, 6) is 0. The molecule has 0 unspecified atom stereocenters. The van der Waals surface area contributed by atoms with Crippen molar-refractivity contribution >= 4 is 91.0 Å². The summed E-state index contributed by atoms with van der Waals surface area (Å²) in [5, 5.41) is 0. The van der Waals surface area contributed by atoms with Crippen molar-refractivity contribution in [3.63, 3.8) is 0 Å². The van der Waals surface area contributed by atoms with E-state index in [1.54, 1.807) is 0 Å². The number of rotatable bonds is 8. The normalized spacial score (nSPS) is 9.04. The molecule has 0 amide bonds. The molecule has 0 aromatic carbocycles. The van der Waals surface area contributed by atoms with Gasteiger partial charge < -0.3 is 17.0 Å². The molecule has 0 radical (unpaired) electrons. The number of hydrogen-bond donors (Lipinski definition) is 0. The first kappa shape index (κ1) is 36.5. The standard InChI is InChI=1S/5C3H5.BrH.4ClH.Mg.2Sn/c5*1-3-2;;;;;;;;/h5*3H,1-2H2;5*1H;;;/q;;;;-1;;;;;;+2;;+4/p-5. The summed E-state index contributed by atoms with van der Waals surface area (Å²) in [4.78, 5) is 0. The molecular formula is C15H25BrCl4MgSn2. The van der Waals surface area contributed by atoms with Crippen LogP contribution in [0.15, 0.2) is 63.3 Å². The molecule has 0 nitrogen and oxygen atoms in total. The molecule has 0 aromatic rings. The molecule has 0 aliphatic carbocycles. The number of halogens is 5. The second-order valence-corrected chi connectivity index (χ2v) is 42.9. The van der Waals surface area contributed by atoms with Crippen molar-refractivity contribution in [1.82, 2.24) is 0 Å². The molecule has 0 spiro atoms. The zero-order valence-corrected chi connectivity index (χ0v) is 25.3. The van der Waals surface area contributed by atoms with Crippen LogP contribution < -0.4 is 17.0 Å². The molecule has 8 heteroatoms. The van der Waals surface area contributed by atoms with E-state index in [9.17, 15) is 0 Å². The molecule has 0 atom stereocenters. The van der Waals surface area contributed by atoms with Gasteiger partial charge in [-0.1, -0.05) is 0 Å². The van der Waals surface area contributed by atoms with Crippen LogP contribution in [0.25, 0.3) is 0 Å². The maximum atomic E-state index is 5.04. The van der Waals surface area contributed by atoms with E-state index in [0.717, 1.165) is 0 Å². The first-order valence-corrected chi connectivity index (χ1v) is 28.8. The van der Waals surface area contributed by atoms with Crippen LogP contribution in [0, 0.1) is 6.92 Å². The molecule has 0 aromatic heterocycles. The van der Waals surface area contributed by atoms with Crippen LogP contribution in [0.4, 0.5) is 0 Å². The average molecular weight is 689 g/mol. The van der Waals surface area contributed by atoms with Gasteiger partial charge in [-0.05, 0) is 0 Å². The van der Waals surface area contributed by atoms with E-state index in [-0.39, 0.29) is 40.0 Å². The summed E-state index contributed by atoms with van der Waals surface area (Å²) >= 11 is -5.33. The third-order valence-electron chi connectivity index (χ3n) is 2.31. The Labute approximate surface area is 193 Å². The van der Waals surface area contributed by atoms with Gasteiger partial charge in [-0.2, -0.15) is 0 Å². The van der Waals surface area contributed by atoms with Crippen molar-refractivity contribution in [3.05, 3.63) is 70.2 Å². The van der Waals surface area contributed by atoms with Crippen LogP contribution in [0.3, 0.4) is 0 Å². The summed E-state index contributed by atoms with van der Waals surface area (Å²) in [6, 6.07) is 0. The molecule has 0 bridgehead atoms. The van der Waals surface area contributed by atoms with Gasteiger partial charge >= 0.3 is 159 Å². The first-order valence-electron chi connectivity index (χ1n) is 6.25. The molecule has 0 saturated carbocycles. The third kappa shape index (κ3) is 36.3. The van der Waals surface area contributed by atoms with Gasteiger partial charge in [-0.25, -0.2) is 19.6 Å². The van der Waals surface area contributed by atoms with Gasteiger partial charge in [0.1, 0.15) is 0 Å². The predicted molar refractivity (Wildman–Crippen MR) is 116 cm³/mol. The van der Waals surface area contributed by atoms with E-state index in [4.69, 9.17) is 35.7 Å². The molecule has 130 valence electrons. The van der Waals surface area contributed by atoms with Gasteiger partial charge in [0.2, 0.25) is 0 Å². The van der Waals surface area contributed by atoms with Gasteiger partial charge in [-0.3, -0.25) is 0 Å². The minimum Gasteiger partial charge on any atom is 2.00 e. The summed E-state index contributed by atoms with van der Waals surface area (Å²) in [5.41, 5.74) is 0. The Hall–Kier alpha value is 2.57. The Balaban J connectivity index is -0.0000000913. The molecular weight excluding hydrogens is 664 g/mol. The Bertz CT molecular complexity index is 270. The van der Waals surface area contributed by atoms with Crippen LogP contribution in [-0.2, 0) is 0 Å². The first-order chi connectivity index (χ1) is 9.66. The molecule has 0 aliphatic heterocycles. The van der Waals surface area contributed by atoms with Gasteiger partial charge in [0.25, 0.3) is 0 Å². The van der Waals surface area contributed by atoms with Gasteiger partial charge in [0.05, 0.1) is 0 Å². The van der Waals surface area contributed by atoms with Crippen LogP contribution in [0.1, 0.15) is 0 Å². The van der Waals surface area contributed by atoms with Crippen molar-refractivity contribution in [2.24, 2.45) is 0 Å². The van der Waals surface area contributed by atoms with Crippen LogP contribution in [0.5, 0.6) is 0 Å². The van der Waals surface area contributed by atoms with Gasteiger partial charge in [0, 0.05) is 0 Å². The second-order valence-electron chi connectivity index (χ2n) is 4.19. The average Bonchev–Trinajstić information content (AvgIpc) is 2.29. The fraction of sp³-hybridized carbons (Fsp3) is 0.267. The quantitative estimate of drug-likeness (QED) is 0.204. The maximum absolute atomic E-state index is 5.04. The molecule has 0 rings (SSSR count). The number of allylic oxidation sites excluding steroid dienone is 5. The minimum atomic E-state index is -3.29. The van der Waals surface area contributed by atoms with E-state index in [0.29, 0.717) is 0 Å². The number of hydrogen-bond acceptors (Lipinski definition) is 0. The van der Waals surface area contributed by atoms with Crippen LogP contribution >= 0.6 is 35.7 Å². The maximum Gasteiger partial charge on any atom is 2.00 e. The molecule has 0 aliphatic rings.